The fourth-order valence-electron chi connectivity index (χ4n) is 1.58. The fraction of sp³-hybridized carbons (Fsp3) is 1.00. The van der Waals surface area contributed by atoms with E-state index < -0.39 is 0 Å². The Morgan fingerprint density at radius 3 is 2.15 bits per heavy atom. The molecule has 3 N–H and O–H groups in total. The van der Waals surface area contributed by atoms with Crippen LogP contribution in [0.1, 0.15) is 59.3 Å². The molecule has 2 heteroatoms. The van der Waals surface area contributed by atoms with Crippen LogP contribution in [-0.2, 0) is 0 Å². The van der Waals surface area contributed by atoms with E-state index in [1.54, 1.807) is 0 Å². The minimum atomic E-state index is 0.502. The van der Waals surface area contributed by atoms with Gasteiger partial charge in [0.1, 0.15) is 0 Å². The van der Waals surface area contributed by atoms with Crippen molar-refractivity contribution in [3.63, 3.8) is 0 Å². The summed E-state index contributed by atoms with van der Waals surface area (Å²) in [5.74, 6) is 6.11. The molecule has 1 atom stereocenters. The quantitative estimate of drug-likeness (QED) is 0.347. The van der Waals surface area contributed by atoms with E-state index in [1.165, 1.54) is 38.5 Å². The van der Waals surface area contributed by atoms with Gasteiger partial charge in [-0.15, -0.1) is 0 Å². The molecule has 80 valence electrons. The average Bonchev–Trinajstić information content (AvgIpc) is 2.10. The van der Waals surface area contributed by atoms with E-state index >= 15 is 0 Å². The highest BCUT2D eigenvalue weighted by Crippen LogP contribution is 2.11. The Morgan fingerprint density at radius 1 is 1.08 bits per heavy atom. The summed E-state index contributed by atoms with van der Waals surface area (Å²) in [4.78, 5) is 0. The van der Waals surface area contributed by atoms with Crippen LogP contribution in [0, 0.1) is 5.92 Å². The van der Waals surface area contributed by atoms with Crippen LogP contribution in [0.25, 0.3) is 0 Å². The summed E-state index contributed by atoms with van der Waals surface area (Å²) in [7, 11) is 0. The number of nitrogens with two attached hydrogens (primary N) is 1. The van der Waals surface area contributed by atoms with E-state index in [0.29, 0.717) is 12.0 Å². The van der Waals surface area contributed by atoms with E-state index in [9.17, 15) is 0 Å². The van der Waals surface area contributed by atoms with Gasteiger partial charge in [0, 0.05) is 6.04 Å². The van der Waals surface area contributed by atoms with Crippen molar-refractivity contribution in [3.8, 4) is 0 Å². The maximum atomic E-state index is 5.46. The van der Waals surface area contributed by atoms with Gasteiger partial charge in [0.15, 0.2) is 0 Å². The molecule has 0 aromatic carbocycles. The molecule has 0 radical (unpaired) electrons. The van der Waals surface area contributed by atoms with Gasteiger partial charge in [-0.05, 0) is 12.3 Å². The first-order valence-corrected chi connectivity index (χ1v) is 5.68. The molecule has 0 aromatic heterocycles. The smallest absolute Gasteiger partial charge is 0.0233 e. The predicted octanol–water partition coefficient (Wildman–Crippen LogP) is 2.83. The zero-order valence-corrected chi connectivity index (χ0v) is 9.47. The van der Waals surface area contributed by atoms with Crippen molar-refractivity contribution in [1.29, 1.82) is 0 Å². The Labute approximate surface area is 83.2 Å². The Kier molecular flexibility index (Phi) is 8.46. The highest BCUT2D eigenvalue weighted by atomic mass is 15.2. The molecular formula is C11H26N2. The van der Waals surface area contributed by atoms with Crippen LogP contribution < -0.4 is 11.3 Å². The molecule has 0 bridgehead atoms. The molecular weight excluding hydrogens is 160 g/mol. The minimum Gasteiger partial charge on any atom is -0.271 e. The van der Waals surface area contributed by atoms with Gasteiger partial charge in [0.05, 0.1) is 0 Å². The van der Waals surface area contributed by atoms with Crippen LogP contribution in [0.15, 0.2) is 0 Å². The molecule has 13 heavy (non-hydrogen) atoms. The zero-order chi connectivity index (χ0) is 10.1. The third-order valence-electron chi connectivity index (χ3n) is 2.64. The molecule has 0 aliphatic rings. The summed E-state index contributed by atoms with van der Waals surface area (Å²) in [6.07, 6.45) is 7.97. The van der Waals surface area contributed by atoms with Gasteiger partial charge in [0.25, 0.3) is 0 Å². The third kappa shape index (κ3) is 7.03. The van der Waals surface area contributed by atoms with Crippen LogP contribution in [0.2, 0.25) is 0 Å². The van der Waals surface area contributed by atoms with Crippen molar-refractivity contribution in [2.24, 2.45) is 11.8 Å². The van der Waals surface area contributed by atoms with Gasteiger partial charge in [0.2, 0.25) is 0 Å². The van der Waals surface area contributed by atoms with Gasteiger partial charge >= 0.3 is 0 Å². The fourth-order valence-corrected chi connectivity index (χ4v) is 1.58. The lowest BCUT2D eigenvalue weighted by Crippen LogP contribution is -2.38. The van der Waals surface area contributed by atoms with Crippen molar-refractivity contribution < 1.29 is 0 Å². The molecule has 0 aliphatic heterocycles. The lowest BCUT2D eigenvalue weighted by atomic mass is 9.98. The maximum Gasteiger partial charge on any atom is 0.0233 e. The van der Waals surface area contributed by atoms with E-state index in [4.69, 9.17) is 5.84 Å². The first kappa shape index (κ1) is 12.9. The summed E-state index contributed by atoms with van der Waals surface area (Å²) in [5, 5.41) is 0. The van der Waals surface area contributed by atoms with Gasteiger partial charge in [-0.1, -0.05) is 52.9 Å². The molecule has 1 unspecified atom stereocenters. The maximum absolute atomic E-state index is 5.46. The highest BCUT2D eigenvalue weighted by Gasteiger charge is 2.09. The largest absolute Gasteiger partial charge is 0.271 e. The van der Waals surface area contributed by atoms with Crippen LogP contribution in [0.4, 0.5) is 0 Å². The number of hydrazine groups is 1. The number of hydrogen-bond acceptors (Lipinski definition) is 2. The molecule has 0 aliphatic carbocycles. The molecule has 0 spiro atoms. The Bertz CT molecular complexity index is 102. The summed E-state index contributed by atoms with van der Waals surface area (Å²) in [5.41, 5.74) is 2.89. The molecule has 0 aromatic rings. The molecule has 2 nitrogen and oxygen atoms in total. The van der Waals surface area contributed by atoms with Crippen molar-refractivity contribution in [2.45, 2.75) is 65.3 Å². The number of nitrogens with one attached hydrogen (secondary N) is 1. The standard InChI is InChI=1S/C11H26N2/c1-4-5-6-7-8-9-11(13-12)10(2)3/h10-11,13H,4-9,12H2,1-3H3. The topological polar surface area (TPSA) is 38.0 Å². The number of rotatable bonds is 8. The Morgan fingerprint density at radius 2 is 1.69 bits per heavy atom. The first-order chi connectivity index (χ1) is 6.22. The van der Waals surface area contributed by atoms with Gasteiger partial charge in [-0.25, -0.2) is 0 Å². The average molecular weight is 186 g/mol. The van der Waals surface area contributed by atoms with Crippen molar-refractivity contribution >= 4 is 0 Å². The Balaban J connectivity index is 3.28. The van der Waals surface area contributed by atoms with E-state index in [0.717, 1.165) is 0 Å². The number of unbranched alkanes of at least 4 members (excludes halogenated alkanes) is 4. The number of hydrogen-bond donors (Lipinski definition) is 2. The highest BCUT2D eigenvalue weighted by molar-refractivity contribution is 4.66. The SMILES string of the molecule is CCCCCCCC(NN)C(C)C. The van der Waals surface area contributed by atoms with E-state index in [2.05, 4.69) is 26.2 Å². The minimum absolute atomic E-state index is 0.502. The summed E-state index contributed by atoms with van der Waals surface area (Å²) in [6, 6.07) is 0.502. The Hall–Kier alpha value is -0.0800. The molecule has 0 heterocycles. The van der Waals surface area contributed by atoms with Crippen molar-refractivity contribution in [3.05, 3.63) is 0 Å². The second-order valence-electron chi connectivity index (χ2n) is 4.22. The monoisotopic (exact) mass is 186 g/mol. The van der Waals surface area contributed by atoms with Crippen molar-refractivity contribution in [1.82, 2.24) is 5.43 Å². The van der Waals surface area contributed by atoms with E-state index in [-0.39, 0.29) is 0 Å². The summed E-state index contributed by atoms with van der Waals surface area (Å²) >= 11 is 0. The molecule has 0 rings (SSSR count). The lowest BCUT2D eigenvalue weighted by Gasteiger charge is -2.19. The van der Waals surface area contributed by atoms with Gasteiger partial charge < -0.3 is 0 Å². The molecule has 0 fully saturated rings. The molecule has 0 saturated heterocycles. The molecule has 0 amide bonds. The van der Waals surface area contributed by atoms with Crippen molar-refractivity contribution in [2.75, 3.05) is 0 Å². The second-order valence-corrected chi connectivity index (χ2v) is 4.22. The first-order valence-electron chi connectivity index (χ1n) is 5.68. The predicted molar refractivity (Wildman–Crippen MR) is 59.3 cm³/mol. The molecule has 0 saturated carbocycles. The van der Waals surface area contributed by atoms with Gasteiger partial charge in [-0.3, -0.25) is 11.3 Å². The van der Waals surface area contributed by atoms with Crippen LogP contribution in [0.3, 0.4) is 0 Å². The summed E-state index contributed by atoms with van der Waals surface area (Å²) < 4.78 is 0. The lowest BCUT2D eigenvalue weighted by molar-refractivity contribution is 0.370. The zero-order valence-electron chi connectivity index (χ0n) is 9.47. The second kappa shape index (κ2) is 8.52. The van der Waals surface area contributed by atoms with Gasteiger partial charge in [-0.2, -0.15) is 0 Å². The van der Waals surface area contributed by atoms with Crippen LogP contribution in [0.5, 0.6) is 0 Å². The van der Waals surface area contributed by atoms with Crippen LogP contribution in [-0.4, -0.2) is 6.04 Å². The van der Waals surface area contributed by atoms with E-state index in [1.807, 2.05) is 0 Å². The third-order valence-corrected chi connectivity index (χ3v) is 2.64. The summed E-state index contributed by atoms with van der Waals surface area (Å²) in [6.45, 7) is 6.69. The normalized spacial score (nSPS) is 13.6. The van der Waals surface area contributed by atoms with Crippen LogP contribution >= 0.6 is 0 Å².